The normalized spacial score (nSPS) is 13.3. The van der Waals surface area contributed by atoms with Gasteiger partial charge in [0, 0.05) is 59.8 Å². The summed E-state index contributed by atoms with van der Waals surface area (Å²) in [5.74, 6) is 2.35. The number of benzene rings is 1. The predicted molar refractivity (Wildman–Crippen MR) is 100 cm³/mol. The van der Waals surface area contributed by atoms with Crippen LogP contribution in [0.1, 0.15) is 11.3 Å². The molecule has 0 fully saturated rings. The van der Waals surface area contributed by atoms with Crippen LogP contribution in [-0.2, 0) is 12.9 Å². The number of anilines is 1. The fourth-order valence-corrected chi connectivity index (χ4v) is 3.35. The highest BCUT2D eigenvalue weighted by molar-refractivity contribution is 6.66. The van der Waals surface area contributed by atoms with E-state index in [2.05, 4.69) is 12.5 Å². The molecule has 7 heteroatoms. The van der Waals surface area contributed by atoms with Crippen LogP contribution in [0.3, 0.4) is 0 Å². The lowest BCUT2D eigenvalue weighted by molar-refractivity contribution is 0.616. The summed E-state index contributed by atoms with van der Waals surface area (Å²) in [7, 11) is 3.93. The van der Waals surface area contributed by atoms with Crippen molar-refractivity contribution >= 4 is 29.7 Å². The summed E-state index contributed by atoms with van der Waals surface area (Å²) in [6.07, 6.45) is 1.45. The highest BCUT2D eigenvalue weighted by atomic mass is 35.5. The van der Waals surface area contributed by atoms with Gasteiger partial charge in [0.15, 0.2) is 0 Å². The Balaban J connectivity index is 2.18. The van der Waals surface area contributed by atoms with Crippen molar-refractivity contribution in [1.82, 2.24) is 9.78 Å². The Hall–Kier alpha value is -2.39. The molecule has 0 atom stereocenters. The molecule has 2 heterocycles. The first kappa shape index (κ1) is 16.5. The molecular weight excluding hydrogens is 320 g/mol. The Kier molecular flexibility index (Phi) is 4.29. The SMILES string of the molecule is C=C(N)c1c(-c2cc(Cl)cc(N(C)C)c2)nn2c1CB(C#N)CC2. The van der Waals surface area contributed by atoms with Crippen molar-refractivity contribution in [1.29, 1.82) is 5.26 Å². The largest absolute Gasteiger partial charge is 0.399 e. The van der Waals surface area contributed by atoms with Gasteiger partial charge in [-0.2, -0.15) is 5.10 Å². The predicted octanol–water partition coefficient (Wildman–Crippen LogP) is 2.85. The zero-order chi connectivity index (χ0) is 17.4. The molecule has 1 aromatic heterocycles. The highest BCUT2D eigenvalue weighted by Crippen LogP contribution is 2.35. The summed E-state index contributed by atoms with van der Waals surface area (Å²) in [6.45, 7) is 4.64. The van der Waals surface area contributed by atoms with E-state index in [9.17, 15) is 5.26 Å². The molecular formula is C17H19BClN5. The monoisotopic (exact) mass is 339 g/mol. The van der Waals surface area contributed by atoms with Crippen LogP contribution in [0, 0.1) is 11.2 Å². The van der Waals surface area contributed by atoms with E-state index < -0.39 is 0 Å². The maximum absolute atomic E-state index is 9.25. The number of aromatic nitrogens is 2. The zero-order valence-electron chi connectivity index (χ0n) is 13.9. The zero-order valence-corrected chi connectivity index (χ0v) is 14.6. The van der Waals surface area contributed by atoms with Gasteiger partial charge in [0.2, 0.25) is 0 Å². The molecule has 0 spiro atoms. The fourth-order valence-electron chi connectivity index (χ4n) is 3.12. The van der Waals surface area contributed by atoms with E-state index >= 15 is 0 Å². The van der Waals surface area contributed by atoms with Gasteiger partial charge in [-0.15, -0.1) is 0 Å². The van der Waals surface area contributed by atoms with Gasteiger partial charge >= 0.3 is 0 Å². The van der Waals surface area contributed by atoms with Crippen LogP contribution >= 0.6 is 11.6 Å². The lowest BCUT2D eigenvalue weighted by atomic mass is 9.44. The Morgan fingerprint density at radius 2 is 2.21 bits per heavy atom. The van der Waals surface area contributed by atoms with E-state index in [1.54, 1.807) is 0 Å². The van der Waals surface area contributed by atoms with Crippen LogP contribution in [0.25, 0.3) is 17.0 Å². The Morgan fingerprint density at radius 1 is 1.46 bits per heavy atom. The molecule has 24 heavy (non-hydrogen) atoms. The van der Waals surface area contributed by atoms with Crippen LogP contribution in [0.15, 0.2) is 24.8 Å². The summed E-state index contributed by atoms with van der Waals surface area (Å²) in [6, 6.07) is 5.83. The van der Waals surface area contributed by atoms with Crippen LogP contribution in [0.2, 0.25) is 11.3 Å². The van der Waals surface area contributed by atoms with Gasteiger partial charge in [0.05, 0.1) is 0 Å². The standard InChI is InChI=1S/C17H19BClN5/c1-11(21)16-15-9-18(10-20)4-5-24(15)22-17(16)12-6-13(19)8-14(7-12)23(2)3/h6-8H,1,4-5,9,21H2,2-3H3. The molecule has 0 aliphatic carbocycles. The Morgan fingerprint density at radius 3 is 2.83 bits per heavy atom. The minimum absolute atomic E-state index is 0.00292. The maximum atomic E-state index is 9.25. The van der Waals surface area contributed by atoms with Crippen LogP contribution < -0.4 is 10.6 Å². The van der Waals surface area contributed by atoms with E-state index in [1.807, 2.05) is 41.9 Å². The van der Waals surface area contributed by atoms with Crippen molar-refractivity contribution < 1.29 is 0 Å². The molecule has 122 valence electrons. The minimum atomic E-state index is -0.00292. The third-order valence-corrected chi connectivity index (χ3v) is 4.58. The van der Waals surface area contributed by atoms with E-state index in [0.29, 0.717) is 17.0 Å². The van der Waals surface area contributed by atoms with Gasteiger partial charge in [-0.25, -0.2) is 5.26 Å². The summed E-state index contributed by atoms with van der Waals surface area (Å²) >= 11 is 6.29. The third kappa shape index (κ3) is 2.88. The second-order valence-electron chi connectivity index (χ2n) is 6.33. The van der Waals surface area contributed by atoms with E-state index in [4.69, 9.17) is 22.4 Å². The molecule has 2 aromatic rings. The average molecular weight is 340 g/mol. The van der Waals surface area contributed by atoms with Gasteiger partial charge in [-0.1, -0.05) is 18.2 Å². The lowest BCUT2D eigenvalue weighted by Crippen LogP contribution is -2.26. The first-order chi connectivity index (χ1) is 11.4. The molecule has 2 N–H and O–H groups in total. The smallest absolute Gasteiger partial charge is 0.275 e. The van der Waals surface area contributed by atoms with E-state index in [1.165, 1.54) is 0 Å². The number of hydrogen-bond donors (Lipinski definition) is 1. The first-order valence-electron chi connectivity index (χ1n) is 7.83. The van der Waals surface area contributed by atoms with Crippen molar-refractivity contribution in [3.8, 4) is 17.2 Å². The first-order valence-corrected chi connectivity index (χ1v) is 8.21. The van der Waals surface area contributed by atoms with Gasteiger partial charge in [0.25, 0.3) is 6.71 Å². The molecule has 1 aliphatic heterocycles. The summed E-state index contributed by atoms with van der Waals surface area (Å²) < 4.78 is 1.95. The quantitative estimate of drug-likeness (QED) is 0.873. The molecule has 0 radical (unpaired) electrons. The van der Waals surface area contributed by atoms with Gasteiger partial charge in [-0.3, -0.25) is 4.68 Å². The van der Waals surface area contributed by atoms with Crippen LogP contribution in [-0.4, -0.2) is 30.6 Å². The minimum Gasteiger partial charge on any atom is -0.399 e. The second-order valence-corrected chi connectivity index (χ2v) is 6.77. The lowest BCUT2D eigenvalue weighted by Gasteiger charge is -2.16. The molecule has 1 aliphatic rings. The van der Waals surface area contributed by atoms with Crippen molar-refractivity contribution in [2.24, 2.45) is 5.73 Å². The van der Waals surface area contributed by atoms with Crippen LogP contribution in [0.5, 0.6) is 0 Å². The van der Waals surface area contributed by atoms with Crippen molar-refractivity contribution in [3.63, 3.8) is 0 Å². The molecule has 0 unspecified atom stereocenters. The number of nitriles is 1. The number of nitrogens with two attached hydrogens (primary N) is 1. The van der Waals surface area contributed by atoms with Gasteiger partial charge < -0.3 is 10.6 Å². The topological polar surface area (TPSA) is 70.9 Å². The van der Waals surface area contributed by atoms with Crippen molar-refractivity contribution in [2.75, 3.05) is 19.0 Å². The molecule has 3 rings (SSSR count). The summed E-state index contributed by atoms with van der Waals surface area (Å²) in [5.41, 5.74) is 11.0. The molecule has 0 bridgehead atoms. The maximum Gasteiger partial charge on any atom is 0.275 e. The Bertz CT molecular complexity index is 849. The van der Waals surface area contributed by atoms with E-state index in [0.717, 1.165) is 41.1 Å². The van der Waals surface area contributed by atoms with Gasteiger partial charge in [-0.05, 0) is 30.8 Å². The number of halogens is 1. The summed E-state index contributed by atoms with van der Waals surface area (Å²) in [5, 5.41) is 14.6. The molecule has 0 saturated heterocycles. The van der Waals surface area contributed by atoms with Gasteiger partial charge in [0.1, 0.15) is 5.69 Å². The Labute approximate surface area is 147 Å². The number of nitrogens with zero attached hydrogens (tertiary/aromatic N) is 4. The molecule has 0 amide bonds. The third-order valence-electron chi connectivity index (χ3n) is 4.36. The molecule has 5 nitrogen and oxygen atoms in total. The number of hydrogen-bond acceptors (Lipinski definition) is 4. The van der Waals surface area contributed by atoms with Crippen molar-refractivity contribution in [2.45, 2.75) is 19.2 Å². The second kappa shape index (κ2) is 6.25. The summed E-state index contributed by atoms with van der Waals surface area (Å²) in [4.78, 5) is 1.99. The fraction of sp³-hybridized carbons (Fsp3) is 0.294. The number of rotatable bonds is 3. The highest BCUT2D eigenvalue weighted by Gasteiger charge is 2.29. The van der Waals surface area contributed by atoms with Crippen LogP contribution in [0.4, 0.5) is 5.69 Å². The molecule has 1 aromatic carbocycles. The average Bonchev–Trinajstić information content (AvgIpc) is 2.92. The number of aryl methyl sites for hydroxylation is 1. The number of fused-ring (bicyclic) bond motifs is 1. The van der Waals surface area contributed by atoms with E-state index in [-0.39, 0.29) is 6.71 Å². The molecule has 0 saturated carbocycles. The van der Waals surface area contributed by atoms with Crippen molar-refractivity contribution in [3.05, 3.63) is 41.1 Å².